The Hall–Kier alpha value is -7.04. The van der Waals surface area contributed by atoms with Crippen LogP contribution in [0.4, 0.5) is 0 Å². The number of carbonyl (C=O) groups is 2. The van der Waals surface area contributed by atoms with Crippen molar-refractivity contribution in [3.05, 3.63) is 162 Å². The number of ether oxygens (including phenoxy) is 1. The van der Waals surface area contributed by atoms with Gasteiger partial charge in [0.25, 0.3) is 0 Å². The van der Waals surface area contributed by atoms with E-state index in [4.69, 9.17) is 4.74 Å². The minimum atomic E-state index is -0.649. The maximum Gasteiger partial charge on any atom is 0.232 e. The predicted molar refractivity (Wildman–Crippen MR) is 223 cm³/mol. The number of ketones is 2. The number of methoxy groups -OCH3 is 1. The van der Waals surface area contributed by atoms with E-state index in [1.165, 1.54) is 71.7 Å². The zero-order valence-electron chi connectivity index (χ0n) is 29.5. The lowest BCUT2D eigenvalue weighted by Crippen LogP contribution is -2.23. The van der Waals surface area contributed by atoms with Crippen LogP contribution in [0.5, 0.6) is 0 Å². The molecule has 1 aliphatic carbocycles. The quantitative estimate of drug-likeness (QED) is 0.111. The molecule has 0 spiro atoms. The van der Waals surface area contributed by atoms with E-state index >= 15 is 0 Å². The summed E-state index contributed by atoms with van der Waals surface area (Å²) in [5.74, 6) is -2.08. The number of hydrogen-bond acceptors (Lipinski definition) is 4. The molecule has 0 aliphatic heterocycles. The summed E-state index contributed by atoms with van der Waals surface area (Å²) in [5.41, 5.74) is 1.09. The molecule has 0 saturated heterocycles. The summed E-state index contributed by atoms with van der Waals surface area (Å²) in [6.45, 7) is 1.58. The largest absolute Gasteiger partial charge is 0.501 e. The van der Waals surface area contributed by atoms with E-state index in [0.29, 0.717) is 5.56 Å². The fourth-order valence-corrected chi connectivity index (χ4v) is 8.80. The number of aliphatic hydroxyl groups is 1. The summed E-state index contributed by atoms with van der Waals surface area (Å²) < 4.78 is 5.18. The van der Waals surface area contributed by atoms with Gasteiger partial charge in [-0.3, -0.25) is 9.59 Å². The summed E-state index contributed by atoms with van der Waals surface area (Å²) in [7, 11) is 1.29. The van der Waals surface area contributed by atoms with E-state index in [1.54, 1.807) is 6.92 Å². The Kier molecular flexibility index (Phi) is 6.22. The highest BCUT2D eigenvalue weighted by molar-refractivity contribution is 6.39. The first-order chi connectivity index (χ1) is 26.3. The van der Waals surface area contributed by atoms with Gasteiger partial charge in [-0.05, 0) is 194 Å². The van der Waals surface area contributed by atoms with Crippen molar-refractivity contribution in [3.63, 3.8) is 0 Å². The summed E-state index contributed by atoms with van der Waals surface area (Å²) in [5, 5.41) is 31.2. The number of hydrogen-bond donors (Lipinski definition) is 1. The number of rotatable bonds is 2. The minimum absolute atomic E-state index is 0.199. The van der Waals surface area contributed by atoms with Gasteiger partial charge < -0.3 is 9.84 Å². The molecule has 0 unspecified atom stereocenters. The molecule has 0 amide bonds. The number of aliphatic hydroxyl groups excluding tert-OH is 1. The third-order valence-corrected chi connectivity index (χ3v) is 11.5. The second-order valence-corrected chi connectivity index (χ2v) is 14.6. The molecule has 0 heterocycles. The average molecular weight is 695 g/mol. The summed E-state index contributed by atoms with van der Waals surface area (Å²) in [6, 6.07) is 50.5. The zero-order chi connectivity index (χ0) is 36.4. The Labute approximate surface area is 308 Å². The molecule has 11 rings (SSSR count). The first-order valence-electron chi connectivity index (χ1n) is 18.1. The van der Waals surface area contributed by atoms with Crippen molar-refractivity contribution in [2.24, 2.45) is 0 Å². The van der Waals surface area contributed by atoms with Crippen molar-refractivity contribution < 1.29 is 19.4 Å². The van der Waals surface area contributed by atoms with Crippen LogP contribution in [0.2, 0.25) is 0 Å². The highest BCUT2D eigenvalue weighted by atomic mass is 16.5. The molecule has 0 fully saturated rings. The van der Waals surface area contributed by atoms with Crippen LogP contribution in [0, 0.1) is 0 Å². The lowest BCUT2D eigenvalue weighted by atomic mass is 9.85. The van der Waals surface area contributed by atoms with Gasteiger partial charge in [0.2, 0.25) is 23.1 Å². The van der Waals surface area contributed by atoms with Gasteiger partial charge in [-0.15, -0.1) is 0 Å². The molecule has 0 atom stereocenters. The molecule has 0 bridgehead atoms. The topological polar surface area (TPSA) is 63.6 Å². The second kappa shape index (κ2) is 11.0. The Bertz CT molecular complexity index is 3470. The molecule has 254 valence electrons. The fourth-order valence-electron chi connectivity index (χ4n) is 8.80. The highest BCUT2D eigenvalue weighted by Crippen LogP contribution is 2.39. The molecular formula is C50H30O4. The van der Waals surface area contributed by atoms with Gasteiger partial charge in [-0.2, -0.15) is 0 Å². The number of carbonyl (C=O) groups excluding carboxylic acids is 2. The number of Topliss-reactive ketones (excluding diaryl/α,β-unsaturated/α-hetero) is 2. The van der Waals surface area contributed by atoms with Crippen molar-refractivity contribution in [1.82, 2.24) is 0 Å². The van der Waals surface area contributed by atoms with Crippen molar-refractivity contribution in [1.29, 1.82) is 0 Å². The normalized spacial score (nSPS) is 14.1. The van der Waals surface area contributed by atoms with Gasteiger partial charge in [0.1, 0.15) is 0 Å². The highest BCUT2D eigenvalue weighted by Gasteiger charge is 2.35. The first kappa shape index (κ1) is 30.6. The van der Waals surface area contributed by atoms with Crippen LogP contribution in [0.3, 0.4) is 0 Å². The molecule has 10 aromatic rings. The van der Waals surface area contributed by atoms with Gasteiger partial charge in [-0.1, -0.05) is 54.6 Å². The van der Waals surface area contributed by atoms with E-state index in [-0.39, 0.29) is 16.9 Å². The van der Waals surface area contributed by atoms with Crippen LogP contribution in [0.1, 0.15) is 12.5 Å². The monoisotopic (exact) mass is 694 g/mol. The number of fused-ring (bicyclic) bond motifs is 10. The van der Waals surface area contributed by atoms with Crippen molar-refractivity contribution in [2.45, 2.75) is 6.92 Å². The lowest BCUT2D eigenvalue weighted by Gasteiger charge is -2.20. The minimum Gasteiger partial charge on any atom is -0.501 e. The maximum atomic E-state index is 13.5. The van der Waals surface area contributed by atoms with Gasteiger partial charge in [0, 0.05) is 11.1 Å². The van der Waals surface area contributed by atoms with Crippen LogP contribution in [-0.2, 0) is 14.3 Å². The first-order valence-corrected chi connectivity index (χ1v) is 18.1. The lowest BCUT2D eigenvalue weighted by molar-refractivity contribution is -0.119. The Balaban J connectivity index is 1.09. The Morgan fingerprint density at radius 2 is 0.778 bits per heavy atom. The summed E-state index contributed by atoms with van der Waals surface area (Å²) >= 11 is 0. The maximum absolute atomic E-state index is 13.5. The van der Waals surface area contributed by atoms with Crippen molar-refractivity contribution >= 4 is 114 Å². The SMILES string of the molecule is COC1=C(O)C(=O)C(C)=C(c2cccc3cc4cc5cc6ccc7cc8cc9cc%10cc%11ccccc%11cc%10cc9cc8cc7c6cc5cc4cc23)C1=O. The molecule has 0 aromatic heterocycles. The number of benzene rings is 10. The van der Waals surface area contributed by atoms with E-state index in [9.17, 15) is 14.7 Å². The van der Waals surface area contributed by atoms with E-state index in [1.807, 2.05) is 18.2 Å². The molecule has 4 nitrogen and oxygen atoms in total. The van der Waals surface area contributed by atoms with E-state index in [0.717, 1.165) is 32.3 Å². The molecule has 54 heavy (non-hydrogen) atoms. The van der Waals surface area contributed by atoms with Gasteiger partial charge in [-0.25, -0.2) is 0 Å². The molecule has 1 aliphatic rings. The van der Waals surface area contributed by atoms with Gasteiger partial charge >= 0.3 is 0 Å². The van der Waals surface area contributed by atoms with Crippen LogP contribution in [-0.4, -0.2) is 23.8 Å². The van der Waals surface area contributed by atoms with Crippen LogP contribution >= 0.6 is 0 Å². The summed E-state index contributed by atoms with van der Waals surface area (Å²) in [4.78, 5) is 26.5. The predicted octanol–water partition coefficient (Wildman–Crippen LogP) is 12.4. The zero-order valence-corrected chi connectivity index (χ0v) is 29.5. The van der Waals surface area contributed by atoms with Gasteiger partial charge in [0.05, 0.1) is 7.11 Å². The molecule has 0 radical (unpaired) electrons. The smallest absolute Gasteiger partial charge is 0.232 e. The molecule has 10 aromatic carbocycles. The molecular weight excluding hydrogens is 665 g/mol. The second-order valence-electron chi connectivity index (χ2n) is 14.6. The summed E-state index contributed by atoms with van der Waals surface area (Å²) in [6.07, 6.45) is 0. The fraction of sp³-hybridized carbons (Fsp3) is 0.0400. The molecule has 1 N–H and O–H groups in total. The number of allylic oxidation sites excluding steroid dienone is 2. The standard InChI is InChI=1S/C50H30O4/c1-26-46(48(52)50(54-2)49(53)47(26)51)42-9-5-8-29-14-34-19-35-15-30-10-11-31-16-36-20-37-17-32-12-27-6-3-4-7-28(27)13-33(32)18-38(37)21-39(36)24-44(31)45(30)25-41(35)22-40(34)23-43(29)42/h3-25,53H,1-2H3. The van der Waals surface area contributed by atoms with E-state index < -0.39 is 17.3 Å². The third-order valence-electron chi connectivity index (χ3n) is 11.5. The average Bonchev–Trinajstić information content (AvgIpc) is 3.18. The third kappa shape index (κ3) is 4.37. The van der Waals surface area contributed by atoms with Crippen LogP contribution in [0.15, 0.2) is 157 Å². The Morgan fingerprint density at radius 3 is 1.24 bits per heavy atom. The molecule has 4 heteroatoms. The van der Waals surface area contributed by atoms with Crippen molar-refractivity contribution in [3.8, 4) is 0 Å². The van der Waals surface area contributed by atoms with Crippen molar-refractivity contribution in [2.75, 3.05) is 7.11 Å². The Morgan fingerprint density at radius 1 is 0.407 bits per heavy atom. The van der Waals surface area contributed by atoms with Crippen LogP contribution in [0.25, 0.3) is 103 Å². The van der Waals surface area contributed by atoms with Crippen LogP contribution < -0.4 is 0 Å². The van der Waals surface area contributed by atoms with E-state index in [2.05, 4.69) is 121 Å². The molecule has 0 saturated carbocycles. The van der Waals surface area contributed by atoms with Gasteiger partial charge in [0.15, 0.2) is 0 Å².